The van der Waals surface area contributed by atoms with Crippen molar-refractivity contribution in [2.24, 2.45) is 0 Å². The van der Waals surface area contributed by atoms with E-state index in [0.29, 0.717) is 6.54 Å². The van der Waals surface area contributed by atoms with Gasteiger partial charge in [-0.3, -0.25) is 4.40 Å². The van der Waals surface area contributed by atoms with Crippen LogP contribution < -0.4 is 5.32 Å². The first-order valence-electron chi connectivity index (χ1n) is 6.51. The zero-order chi connectivity index (χ0) is 13.9. The van der Waals surface area contributed by atoms with Gasteiger partial charge >= 0.3 is 0 Å². The van der Waals surface area contributed by atoms with Gasteiger partial charge in [0.1, 0.15) is 5.82 Å². The molecule has 1 N–H and O–H groups in total. The summed E-state index contributed by atoms with van der Waals surface area (Å²) in [5, 5.41) is 11.6. The van der Waals surface area contributed by atoms with Crippen molar-refractivity contribution in [3.8, 4) is 0 Å². The van der Waals surface area contributed by atoms with Gasteiger partial charge in [-0.15, -0.1) is 10.2 Å². The highest BCUT2D eigenvalue weighted by Crippen LogP contribution is 2.14. The third-order valence-corrected chi connectivity index (χ3v) is 3.30. The quantitative estimate of drug-likeness (QED) is 0.792. The van der Waals surface area contributed by atoms with Crippen LogP contribution in [0.25, 0.3) is 5.65 Å². The highest BCUT2D eigenvalue weighted by atomic mass is 19.1. The molecule has 3 rings (SSSR count). The molecule has 20 heavy (non-hydrogen) atoms. The van der Waals surface area contributed by atoms with Crippen molar-refractivity contribution >= 4 is 5.65 Å². The van der Waals surface area contributed by atoms with Crippen molar-refractivity contribution in [1.82, 2.24) is 19.9 Å². The van der Waals surface area contributed by atoms with Crippen molar-refractivity contribution in [2.45, 2.75) is 19.5 Å². The van der Waals surface area contributed by atoms with E-state index in [0.717, 1.165) is 17.0 Å². The maximum Gasteiger partial charge on any atom is 0.160 e. The lowest BCUT2D eigenvalue weighted by Crippen LogP contribution is -2.19. The Morgan fingerprint density at radius 2 is 2.10 bits per heavy atom. The Bertz CT molecular complexity index is 722. The standard InChI is InChI=1S/C15H15FN4/c1-11(12-5-4-6-13(16)9-12)17-10-15-19-18-14-7-2-3-8-20(14)15/h2-9,11,17H,10H2,1H3. The second-order valence-electron chi connectivity index (χ2n) is 4.70. The fourth-order valence-electron chi connectivity index (χ4n) is 2.15. The summed E-state index contributed by atoms with van der Waals surface area (Å²) < 4.78 is 15.1. The predicted molar refractivity (Wildman–Crippen MR) is 74.6 cm³/mol. The van der Waals surface area contributed by atoms with Crippen LogP contribution in [-0.2, 0) is 6.54 Å². The number of fused-ring (bicyclic) bond motifs is 1. The molecule has 1 aromatic carbocycles. The minimum Gasteiger partial charge on any atom is -0.303 e. The Morgan fingerprint density at radius 1 is 1.20 bits per heavy atom. The van der Waals surface area contributed by atoms with Crippen LogP contribution in [0.1, 0.15) is 24.4 Å². The van der Waals surface area contributed by atoms with Gasteiger partial charge in [0, 0.05) is 12.2 Å². The molecule has 0 saturated carbocycles. The van der Waals surface area contributed by atoms with Gasteiger partial charge in [0.25, 0.3) is 0 Å². The Morgan fingerprint density at radius 3 is 2.95 bits per heavy atom. The molecule has 0 fully saturated rings. The molecule has 0 amide bonds. The smallest absolute Gasteiger partial charge is 0.160 e. The van der Waals surface area contributed by atoms with Crippen LogP contribution in [0.3, 0.4) is 0 Å². The molecule has 4 nitrogen and oxygen atoms in total. The minimum absolute atomic E-state index is 0.0433. The molecule has 1 atom stereocenters. The molecular formula is C15H15FN4. The topological polar surface area (TPSA) is 42.2 Å². The Hall–Kier alpha value is -2.27. The molecule has 0 saturated heterocycles. The van der Waals surface area contributed by atoms with E-state index in [1.807, 2.05) is 41.8 Å². The van der Waals surface area contributed by atoms with E-state index >= 15 is 0 Å². The summed E-state index contributed by atoms with van der Waals surface area (Å²) in [5.74, 6) is 0.618. The summed E-state index contributed by atoms with van der Waals surface area (Å²) in [6.45, 7) is 2.57. The van der Waals surface area contributed by atoms with Crippen molar-refractivity contribution in [3.05, 3.63) is 65.9 Å². The Balaban J connectivity index is 1.73. The number of hydrogen-bond donors (Lipinski definition) is 1. The van der Waals surface area contributed by atoms with E-state index in [1.165, 1.54) is 6.07 Å². The molecule has 0 bridgehead atoms. The summed E-state index contributed by atoms with van der Waals surface area (Å²) in [5.41, 5.74) is 1.74. The highest BCUT2D eigenvalue weighted by Gasteiger charge is 2.09. The van der Waals surface area contributed by atoms with Crippen LogP contribution >= 0.6 is 0 Å². The third-order valence-electron chi connectivity index (χ3n) is 3.30. The maximum atomic E-state index is 13.2. The number of hydrogen-bond acceptors (Lipinski definition) is 3. The lowest BCUT2D eigenvalue weighted by atomic mass is 10.1. The number of aromatic nitrogens is 3. The van der Waals surface area contributed by atoms with Gasteiger partial charge in [0.2, 0.25) is 0 Å². The molecule has 0 aliphatic carbocycles. The van der Waals surface area contributed by atoms with Crippen LogP contribution in [0.15, 0.2) is 48.7 Å². The zero-order valence-electron chi connectivity index (χ0n) is 11.1. The molecule has 102 valence electrons. The molecule has 2 aromatic heterocycles. The lowest BCUT2D eigenvalue weighted by Gasteiger charge is -2.13. The average Bonchev–Trinajstić information content (AvgIpc) is 2.88. The Labute approximate surface area is 116 Å². The molecule has 0 spiro atoms. The van der Waals surface area contributed by atoms with Gasteiger partial charge in [0.05, 0.1) is 6.54 Å². The number of pyridine rings is 1. The molecule has 0 aliphatic rings. The van der Waals surface area contributed by atoms with Crippen LogP contribution in [0.5, 0.6) is 0 Å². The molecule has 0 aliphatic heterocycles. The summed E-state index contributed by atoms with van der Waals surface area (Å²) >= 11 is 0. The summed E-state index contributed by atoms with van der Waals surface area (Å²) in [6.07, 6.45) is 1.93. The predicted octanol–water partition coefficient (Wildman–Crippen LogP) is 2.72. The number of benzene rings is 1. The number of rotatable bonds is 4. The van der Waals surface area contributed by atoms with E-state index < -0.39 is 0 Å². The number of nitrogens with one attached hydrogen (secondary N) is 1. The first kappa shape index (κ1) is 12.7. The van der Waals surface area contributed by atoms with Crippen molar-refractivity contribution in [2.75, 3.05) is 0 Å². The largest absolute Gasteiger partial charge is 0.303 e. The van der Waals surface area contributed by atoms with E-state index in [9.17, 15) is 4.39 Å². The summed E-state index contributed by atoms with van der Waals surface area (Å²) in [6, 6.07) is 12.4. The first-order valence-corrected chi connectivity index (χ1v) is 6.51. The van der Waals surface area contributed by atoms with Crippen LogP contribution in [0.2, 0.25) is 0 Å². The lowest BCUT2D eigenvalue weighted by molar-refractivity contribution is 0.550. The highest BCUT2D eigenvalue weighted by molar-refractivity contribution is 5.37. The van der Waals surface area contributed by atoms with Crippen LogP contribution in [0, 0.1) is 5.82 Å². The molecule has 5 heteroatoms. The van der Waals surface area contributed by atoms with E-state index in [-0.39, 0.29) is 11.9 Å². The minimum atomic E-state index is -0.218. The molecule has 3 aromatic rings. The van der Waals surface area contributed by atoms with Crippen LogP contribution in [-0.4, -0.2) is 14.6 Å². The van der Waals surface area contributed by atoms with Gasteiger partial charge in [-0.25, -0.2) is 4.39 Å². The van der Waals surface area contributed by atoms with Gasteiger partial charge < -0.3 is 5.32 Å². The van der Waals surface area contributed by atoms with Gasteiger partial charge in [-0.2, -0.15) is 0 Å². The first-order chi connectivity index (χ1) is 9.74. The Kier molecular flexibility index (Phi) is 3.43. The van der Waals surface area contributed by atoms with E-state index in [1.54, 1.807) is 12.1 Å². The third kappa shape index (κ3) is 2.53. The fraction of sp³-hybridized carbons (Fsp3) is 0.200. The second kappa shape index (κ2) is 5.38. The maximum absolute atomic E-state index is 13.2. The van der Waals surface area contributed by atoms with Crippen LogP contribution in [0.4, 0.5) is 4.39 Å². The van der Waals surface area contributed by atoms with Crippen molar-refractivity contribution < 1.29 is 4.39 Å². The van der Waals surface area contributed by atoms with Crippen molar-refractivity contribution in [3.63, 3.8) is 0 Å². The number of nitrogens with zero attached hydrogens (tertiary/aromatic N) is 3. The summed E-state index contributed by atoms with van der Waals surface area (Å²) in [4.78, 5) is 0. The number of halogens is 1. The van der Waals surface area contributed by atoms with Gasteiger partial charge in [0.15, 0.2) is 11.5 Å². The van der Waals surface area contributed by atoms with Crippen molar-refractivity contribution in [1.29, 1.82) is 0 Å². The van der Waals surface area contributed by atoms with Gasteiger partial charge in [-0.1, -0.05) is 18.2 Å². The fourth-order valence-corrected chi connectivity index (χ4v) is 2.15. The zero-order valence-corrected chi connectivity index (χ0v) is 11.1. The van der Waals surface area contributed by atoms with Gasteiger partial charge in [-0.05, 0) is 36.8 Å². The monoisotopic (exact) mass is 270 g/mol. The van der Waals surface area contributed by atoms with E-state index in [2.05, 4.69) is 15.5 Å². The molecule has 2 heterocycles. The van der Waals surface area contributed by atoms with E-state index in [4.69, 9.17) is 0 Å². The second-order valence-corrected chi connectivity index (χ2v) is 4.70. The molecule has 1 unspecified atom stereocenters. The molecule has 0 radical (unpaired) electrons. The SMILES string of the molecule is CC(NCc1nnc2ccccn12)c1cccc(F)c1. The summed E-state index contributed by atoms with van der Waals surface area (Å²) in [7, 11) is 0. The average molecular weight is 270 g/mol. The molecular weight excluding hydrogens is 255 g/mol. The normalized spacial score (nSPS) is 12.7.